The van der Waals surface area contributed by atoms with Crippen molar-refractivity contribution in [2.24, 2.45) is 0 Å². The van der Waals surface area contributed by atoms with Gasteiger partial charge in [-0.15, -0.1) is 0 Å². The SMILES string of the molecule is Cc1ccc(S(=O)(=O)OCCOCCOCCCc2cc(-c3cnc([C@H](C)NC(=O)OC(C)(C)C)cc3C)cc(C(F)(F)F)n2)cc1. The van der Waals surface area contributed by atoms with Crippen molar-refractivity contribution >= 4 is 16.2 Å². The van der Waals surface area contributed by atoms with Crippen molar-refractivity contribution in [3.8, 4) is 11.1 Å². The van der Waals surface area contributed by atoms with Gasteiger partial charge in [0.2, 0.25) is 0 Å². The lowest BCUT2D eigenvalue weighted by Crippen LogP contribution is -2.34. The number of nitrogens with one attached hydrogen (secondary N) is 1. The Bertz CT molecular complexity index is 1590. The van der Waals surface area contributed by atoms with E-state index in [2.05, 4.69) is 15.3 Å². The molecule has 47 heavy (non-hydrogen) atoms. The summed E-state index contributed by atoms with van der Waals surface area (Å²) in [6.07, 6.45) is -3.10. The molecule has 0 saturated carbocycles. The lowest BCUT2D eigenvalue weighted by Gasteiger charge is -2.22. The summed E-state index contributed by atoms with van der Waals surface area (Å²) >= 11 is 0. The first-order chi connectivity index (χ1) is 21.9. The Hall–Kier alpha value is -3.59. The van der Waals surface area contributed by atoms with Gasteiger partial charge in [0, 0.05) is 24.1 Å². The van der Waals surface area contributed by atoms with E-state index in [1.165, 1.54) is 18.3 Å². The molecule has 0 aliphatic rings. The molecule has 0 aliphatic carbocycles. The average Bonchev–Trinajstić information content (AvgIpc) is 2.96. The highest BCUT2D eigenvalue weighted by Gasteiger charge is 2.33. The Morgan fingerprint density at radius 3 is 2.19 bits per heavy atom. The Labute approximate surface area is 274 Å². The second kappa shape index (κ2) is 16.5. The van der Waals surface area contributed by atoms with Crippen molar-refractivity contribution in [1.82, 2.24) is 15.3 Å². The number of rotatable bonds is 15. The largest absolute Gasteiger partial charge is 0.444 e. The smallest absolute Gasteiger partial charge is 0.433 e. The number of carbonyl (C=O) groups is 1. The highest BCUT2D eigenvalue weighted by molar-refractivity contribution is 7.86. The monoisotopic (exact) mass is 681 g/mol. The Morgan fingerprint density at radius 1 is 0.936 bits per heavy atom. The summed E-state index contributed by atoms with van der Waals surface area (Å²) in [6, 6.07) is 10.1. The second-order valence-electron chi connectivity index (χ2n) is 11.9. The van der Waals surface area contributed by atoms with Crippen LogP contribution in [0.5, 0.6) is 0 Å². The van der Waals surface area contributed by atoms with Crippen molar-refractivity contribution < 1.29 is 44.8 Å². The van der Waals surface area contributed by atoms with Gasteiger partial charge < -0.3 is 19.5 Å². The number of nitrogens with zero attached hydrogens (tertiary/aromatic N) is 2. The highest BCUT2D eigenvalue weighted by Crippen LogP contribution is 2.33. The maximum absolute atomic E-state index is 13.7. The molecule has 1 aromatic carbocycles. The molecule has 1 N–H and O–H groups in total. The number of benzene rings is 1. The first-order valence-electron chi connectivity index (χ1n) is 15.1. The third-order valence-electron chi connectivity index (χ3n) is 6.66. The van der Waals surface area contributed by atoms with E-state index in [9.17, 15) is 26.4 Å². The van der Waals surface area contributed by atoms with Gasteiger partial charge in [-0.2, -0.15) is 21.6 Å². The first kappa shape index (κ1) is 37.9. The molecule has 258 valence electrons. The standard InChI is InChI=1S/C33H42F3N3O7S/c1-22-9-11-27(12-10-22)47(41,42)45-17-16-44-15-14-43-13-7-8-26-19-25(20-30(39-26)33(34,35)36)28-21-37-29(18-23(28)2)24(3)38-31(40)46-32(4,5)6/h9-12,18-21,24H,7-8,13-17H2,1-6H3,(H,38,40)/t24-/m0/s1. The molecular formula is C33H42F3N3O7S. The number of aromatic nitrogens is 2. The predicted octanol–water partition coefficient (Wildman–Crippen LogP) is 6.74. The van der Waals surface area contributed by atoms with Crippen LogP contribution in [0, 0.1) is 13.8 Å². The van der Waals surface area contributed by atoms with Crippen LogP contribution in [-0.4, -0.2) is 63.1 Å². The number of amides is 1. The molecule has 1 amide bonds. The van der Waals surface area contributed by atoms with Gasteiger partial charge in [0.25, 0.3) is 10.1 Å². The van der Waals surface area contributed by atoms with Gasteiger partial charge in [0.05, 0.1) is 43.1 Å². The van der Waals surface area contributed by atoms with E-state index < -0.39 is 39.7 Å². The van der Waals surface area contributed by atoms with E-state index in [0.717, 1.165) is 11.6 Å². The van der Waals surface area contributed by atoms with E-state index in [1.54, 1.807) is 58.9 Å². The molecule has 2 heterocycles. The molecule has 2 aromatic heterocycles. The molecule has 0 radical (unpaired) electrons. The summed E-state index contributed by atoms with van der Waals surface area (Å²) < 4.78 is 86.7. The highest BCUT2D eigenvalue weighted by atomic mass is 32.2. The second-order valence-corrected chi connectivity index (χ2v) is 13.6. The summed E-state index contributed by atoms with van der Waals surface area (Å²) in [5.74, 6) is 0. The average molecular weight is 682 g/mol. The van der Waals surface area contributed by atoms with Crippen LogP contribution in [0.25, 0.3) is 11.1 Å². The molecule has 1 atom stereocenters. The maximum atomic E-state index is 13.7. The lowest BCUT2D eigenvalue weighted by atomic mass is 9.99. The van der Waals surface area contributed by atoms with E-state index in [1.807, 2.05) is 6.92 Å². The Morgan fingerprint density at radius 2 is 1.57 bits per heavy atom. The van der Waals surface area contributed by atoms with E-state index >= 15 is 0 Å². The van der Waals surface area contributed by atoms with Crippen molar-refractivity contribution in [2.75, 3.05) is 33.0 Å². The molecule has 10 nitrogen and oxygen atoms in total. The number of halogens is 3. The minimum Gasteiger partial charge on any atom is -0.444 e. The zero-order chi connectivity index (χ0) is 34.8. The van der Waals surface area contributed by atoms with Crippen LogP contribution in [0.15, 0.2) is 53.6 Å². The Kier molecular flexibility index (Phi) is 13.3. The third-order valence-corrected chi connectivity index (χ3v) is 7.98. The molecule has 3 aromatic rings. The lowest BCUT2D eigenvalue weighted by molar-refractivity contribution is -0.141. The van der Waals surface area contributed by atoms with Gasteiger partial charge in [0.1, 0.15) is 11.3 Å². The van der Waals surface area contributed by atoms with Crippen molar-refractivity contribution in [3.05, 3.63) is 76.9 Å². The molecule has 0 spiro atoms. The topological polar surface area (TPSA) is 126 Å². The van der Waals surface area contributed by atoms with Gasteiger partial charge in [-0.05, 0) is 95.8 Å². The van der Waals surface area contributed by atoms with Crippen molar-refractivity contribution in [3.63, 3.8) is 0 Å². The number of alkyl carbamates (subject to hydrolysis) is 1. The number of aryl methyl sites for hydroxylation is 3. The summed E-state index contributed by atoms with van der Waals surface area (Å²) in [6.45, 7) is 11.1. The van der Waals surface area contributed by atoms with Crippen LogP contribution in [0.1, 0.15) is 68.4 Å². The number of ether oxygens (including phenoxy) is 3. The first-order valence-corrected chi connectivity index (χ1v) is 16.5. The number of alkyl halides is 3. The van der Waals surface area contributed by atoms with E-state index in [4.69, 9.17) is 18.4 Å². The summed E-state index contributed by atoms with van der Waals surface area (Å²) in [5.41, 5.74) is 1.56. The van der Waals surface area contributed by atoms with Crippen LogP contribution < -0.4 is 5.32 Å². The van der Waals surface area contributed by atoms with Gasteiger partial charge in [0.15, 0.2) is 0 Å². The molecule has 0 aliphatic heterocycles. The quantitative estimate of drug-likeness (QED) is 0.137. The van der Waals surface area contributed by atoms with Gasteiger partial charge in [-0.25, -0.2) is 9.78 Å². The minimum atomic E-state index is -4.64. The van der Waals surface area contributed by atoms with Crippen LogP contribution in [0.3, 0.4) is 0 Å². The molecule has 0 fully saturated rings. The van der Waals surface area contributed by atoms with Gasteiger partial charge >= 0.3 is 12.3 Å². The molecule has 0 unspecified atom stereocenters. The fourth-order valence-electron chi connectivity index (χ4n) is 4.34. The van der Waals surface area contributed by atoms with Crippen LogP contribution in [-0.2, 0) is 41.1 Å². The van der Waals surface area contributed by atoms with Crippen LogP contribution in [0.4, 0.5) is 18.0 Å². The van der Waals surface area contributed by atoms with E-state index in [0.29, 0.717) is 28.8 Å². The molecule has 14 heteroatoms. The fraction of sp³-hybridized carbons (Fsp3) is 0.485. The third kappa shape index (κ3) is 12.5. The van der Waals surface area contributed by atoms with Gasteiger partial charge in [-0.1, -0.05) is 17.7 Å². The maximum Gasteiger partial charge on any atom is 0.433 e. The number of hydrogen-bond acceptors (Lipinski definition) is 9. The molecule has 0 saturated heterocycles. The van der Waals surface area contributed by atoms with Crippen LogP contribution >= 0.6 is 0 Å². The minimum absolute atomic E-state index is 0.0415. The normalized spacial score (nSPS) is 13.0. The number of pyridine rings is 2. The summed E-state index contributed by atoms with van der Waals surface area (Å²) in [4.78, 5) is 20.4. The zero-order valence-electron chi connectivity index (χ0n) is 27.4. The molecule has 0 bridgehead atoms. The number of carbonyl (C=O) groups excluding carboxylic acids is 1. The van der Waals surface area contributed by atoms with Crippen molar-refractivity contribution in [1.29, 1.82) is 0 Å². The van der Waals surface area contributed by atoms with E-state index in [-0.39, 0.29) is 50.0 Å². The Balaban J connectivity index is 1.50. The molecular weight excluding hydrogens is 639 g/mol. The fourth-order valence-corrected chi connectivity index (χ4v) is 5.24. The van der Waals surface area contributed by atoms with Crippen LogP contribution in [0.2, 0.25) is 0 Å². The summed E-state index contributed by atoms with van der Waals surface area (Å²) in [5, 5.41) is 2.71. The summed E-state index contributed by atoms with van der Waals surface area (Å²) in [7, 11) is -3.87. The number of hydrogen-bond donors (Lipinski definition) is 1. The van der Waals surface area contributed by atoms with Gasteiger partial charge in [-0.3, -0.25) is 9.17 Å². The molecule has 3 rings (SSSR count). The zero-order valence-corrected chi connectivity index (χ0v) is 28.3. The predicted molar refractivity (Wildman–Crippen MR) is 169 cm³/mol. The van der Waals surface area contributed by atoms with Crippen molar-refractivity contribution in [2.45, 2.75) is 77.1 Å².